The van der Waals surface area contributed by atoms with Gasteiger partial charge >= 0.3 is 0 Å². The van der Waals surface area contributed by atoms with E-state index in [9.17, 15) is 18.9 Å². The number of hydrogen-bond acceptors (Lipinski definition) is 6. The number of hydrogen-bond donors (Lipinski definition) is 0. The Labute approximate surface area is 145 Å². The van der Waals surface area contributed by atoms with E-state index in [0.717, 1.165) is 30.0 Å². The van der Waals surface area contributed by atoms with Crippen LogP contribution in [0.15, 0.2) is 51.8 Å². The van der Waals surface area contributed by atoms with Gasteiger partial charge in [0, 0.05) is 22.6 Å². The van der Waals surface area contributed by atoms with Crippen LogP contribution in [0.2, 0.25) is 0 Å². The molecule has 0 aliphatic rings. The molecule has 3 aromatic rings. The summed E-state index contributed by atoms with van der Waals surface area (Å²) in [6.45, 7) is 1.72. The second-order valence-corrected chi connectivity index (χ2v) is 6.47. The van der Waals surface area contributed by atoms with Gasteiger partial charge in [0.05, 0.1) is 10.2 Å². The van der Waals surface area contributed by atoms with Crippen molar-refractivity contribution in [2.75, 3.05) is 0 Å². The lowest BCUT2D eigenvalue weighted by atomic mass is 10.2. The summed E-state index contributed by atoms with van der Waals surface area (Å²) in [5.41, 5.74) is 0.479. The van der Waals surface area contributed by atoms with Gasteiger partial charge in [-0.05, 0) is 37.3 Å². The zero-order chi connectivity index (χ0) is 18.0. The van der Waals surface area contributed by atoms with Crippen molar-refractivity contribution in [3.8, 4) is 11.5 Å². The molecule has 1 heterocycles. The Kier molecular flexibility index (Phi) is 4.75. The normalized spacial score (nSPS) is 12.1. The van der Waals surface area contributed by atoms with E-state index >= 15 is 0 Å². The van der Waals surface area contributed by atoms with Gasteiger partial charge in [0.2, 0.25) is 11.8 Å². The van der Waals surface area contributed by atoms with Crippen molar-refractivity contribution in [3.63, 3.8) is 0 Å². The molecule has 0 unspecified atom stereocenters. The molecule has 0 aliphatic carbocycles. The Morgan fingerprint density at radius 1 is 1.16 bits per heavy atom. The Bertz CT molecular complexity index is 915. The Morgan fingerprint density at radius 2 is 1.88 bits per heavy atom. The SMILES string of the molecule is C[C@@H](Sc1cc(F)ccc1F)c1nnc(-c2ccc([N+](=O)[O-])cc2)o1. The smallest absolute Gasteiger partial charge is 0.269 e. The minimum Gasteiger partial charge on any atom is -0.419 e. The van der Waals surface area contributed by atoms with E-state index in [1.807, 2.05) is 0 Å². The van der Waals surface area contributed by atoms with Gasteiger partial charge in [0.1, 0.15) is 11.6 Å². The number of halogens is 2. The van der Waals surface area contributed by atoms with E-state index < -0.39 is 21.8 Å². The van der Waals surface area contributed by atoms with Crippen molar-refractivity contribution in [2.45, 2.75) is 17.1 Å². The maximum absolute atomic E-state index is 13.7. The Hall–Kier alpha value is -2.81. The molecular formula is C16H11F2N3O3S. The van der Waals surface area contributed by atoms with Crippen molar-refractivity contribution in [1.82, 2.24) is 10.2 Å². The maximum atomic E-state index is 13.7. The first kappa shape index (κ1) is 17.0. The molecule has 6 nitrogen and oxygen atoms in total. The molecule has 0 bridgehead atoms. The fourth-order valence-electron chi connectivity index (χ4n) is 2.05. The minimum absolute atomic E-state index is 0.0472. The molecule has 128 valence electrons. The summed E-state index contributed by atoms with van der Waals surface area (Å²) in [6.07, 6.45) is 0. The molecule has 2 aromatic carbocycles. The average molecular weight is 363 g/mol. The van der Waals surface area contributed by atoms with Gasteiger partial charge in [0.25, 0.3) is 5.69 Å². The first-order chi connectivity index (χ1) is 11.9. The summed E-state index contributed by atoms with van der Waals surface area (Å²) in [5.74, 6) is -0.638. The van der Waals surface area contributed by atoms with Crippen LogP contribution in [0.5, 0.6) is 0 Å². The first-order valence-electron chi connectivity index (χ1n) is 7.14. The van der Waals surface area contributed by atoms with Gasteiger partial charge in [-0.3, -0.25) is 10.1 Å². The van der Waals surface area contributed by atoms with Crippen molar-refractivity contribution < 1.29 is 18.1 Å². The molecule has 0 spiro atoms. The highest BCUT2D eigenvalue weighted by Crippen LogP contribution is 2.36. The standard InChI is InChI=1S/C16H11F2N3O3S/c1-9(25-14-8-11(17)4-7-13(14)18)15-19-20-16(24-15)10-2-5-12(6-3-10)21(22)23/h2-9H,1H3/t9-/m1/s1. The molecule has 3 rings (SSSR count). The zero-order valence-corrected chi connectivity index (χ0v) is 13.7. The Balaban J connectivity index is 1.78. The molecule has 0 N–H and O–H groups in total. The molecule has 0 radical (unpaired) electrons. The number of thioether (sulfide) groups is 1. The average Bonchev–Trinajstić information content (AvgIpc) is 3.08. The van der Waals surface area contributed by atoms with E-state index in [1.54, 1.807) is 6.92 Å². The number of benzene rings is 2. The minimum atomic E-state index is -0.534. The predicted molar refractivity (Wildman–Crippen MR) is 87.0 cm³/mol. The summed E-state index contributed by atoms with van der Waals surface area (Å²) in [6, 6.07) is 8.87. The summed E-state index contributed by atoms with van der Waals surface area (Å²) in [4.78, 5) is 10.3. The lowest BCUT2D eigenvalue weighted by Crippen LogP contribution is -1.91. The van der Waals surface area contributed by atoms with E-state index in [4.69, 9.17) is 4.42 Å². The number of nitro groups is 1. The lowest BCUT2D eigenvalue weighted by molar-refractivity contribution is -0.384. The van der Waals surface area contributed by atoms with Crippen LogP contribution in [0.25, 0.3) is 11.5 Å². The van der Waals surface area contributed by atoms with Gasteiger partial charge in [-0.15, -0.1) is 22.0 Å². The molecule has 0 amide bonds. The fraction of sp³-hybridized carbons (Fsp3) is 0.125. The number of nitrogens with zero attached hydrogens (tertiary/aromatic N) is 3. The van der Waals surface area contributed by atoms with Crippen LogP contribution >= 0.6 is 11.8 Å². The van der Waals surface area contributed by atoms with Crippen LogP contribution in [0.3, 0.4) is 0 Å². The summed E-state index contributed by atoms with van der Waals surface area (Å²) >= 11 is 1.05. The molecule has 0 aliphatic heterocycles. The summed E-state index contributed by atoms with van der Waals surface area (Å²) in [7, 11) is 0. The highest BCUT2D eigenvalue weighted by molar-refractivity contribution is 7.99. The summed E-state index contributed by atoms with van der Waals surface area (Å²) in [5, 5.41) is 18.1. The van der Waals surface area contributed by atoms with Crippen LogP contribution in [-0.4, -0.2) is 15.1 Å². The van der Waals surface area contributed by atoms with E-state index in [1.165, 1.54) is 24.3 Å². The zero-order valence-electron chi connectivity index (χ0n) is 12.8. The topological polar surface area (TPSA) is 82.1 Å². The van der Waals surface area contributed by atoms with E-state index in [0.29, 0.717) is 5.56 Å². The predicted octanol–water partition coefficient (Wildman–Crippen LogP) is 4.78. The van der Waals surface area contributed by atoms with Crippen LogP contribution in [0.4, 0.5) is 14.5 Å². The van der Waals surface area contributed by atoms with Gasteiger partial charge < -0.3 is 4.42 Å². The largest absolute Gasteiger partial charge is 0.419 e. The van der Waals surface area contributed by atoms with Crippen molar-refractivity contribution >= 4 is 17.4 Å². The molecular weight excluding hydrogens is 352 g/mol. The van der Waals surface area contributed by atoms with E-state index in [2.05, 4.69) is 10.2 Å². The van der Waals surface area contributed by atoms with Crippen LogP contribution in [0, 0.1) is 21.7 Å². The highest BCUT2D eigenvalue weighted by atomic mass is 32.2. The van der Waals surface area contributed by atoms with E-state index in [-0.39, 0.29) is 22.4 Å². The van der Waals surface area contributed by atoms with Crippen LogP contribution < -0.4 is 0 Å². The fourth-order valence-corrected chi connectivity index (χ4v) is 2.99. The van der Waals surface area contributed by atoms with Crippen molar-refractivity contribution in [2.24, 2.45) is 0 Å². The lowest BCUT2D eigenvalue weighted by Gasteiger charge is -2.07. The van der Waals surface area contributed by atoms with Gasteiger partial charge in [-0.1, -0.05) is 0 Å². The third-order valence-corrected chi connectivity index (χ3v) is 4.43. The molecule has 25 heavy (non-hydrogen) atoms. The first-order valence-corrected chi connectivity index (χ1v) is 8.02. The Morgan fingerprint density at radius 3 is 2.56 bits per heavy atom. The molecule has 0 fully saturated rings. The van der Waals surface area contributed by atoms with Crippen LogP contribution in [-0.2, 0) is 0 Å². The second-order valence-electron chi connectivity index (χ2n) is 5.08. The molecule has 9 heteroatoms. The van der Waals surface area contributed by atoms with Crippen LogP contribution in [0.1, 0.15) is 18.1 Å². The number of nitro benzene ring substituents is 1. The third kappa shape index (κ3) is 3.82. The number of rotatable bonds is 5. The van der Waals surface area contributed by atoms with Crippen molar-refractivity contribution in [3.05, 3.63) is 70.1 Å². The van der Waals surface area contributed by atoms with Gasteiger partial charge in [-0.2, -0.15) is 0 Å². The monoisotopic (exact) mass is 363 g/mol. The molecule has 0 saturated carbocycles. The van der Waals surface area contributed by atoms with Crippen molar-refractivity contribution in [1.29, 1.82) is 0 Å². The number of non-ortho nitro benzene ring substituents is 1. The van der Waals surface area contributed by atoms with Gasteiger partial charge in [0.15, 0.2) is 0 Å². The molecule has 1 aromatic heterocycles. The second kappa shape index (κ2) is 6.98. The highest BCUT2D eigenvalue weighted by Gasteiger charge is 2.18. The molecule has 1 atom stereocenters. The third-order valence-electron chi connectivity index (χ3n) is 3.31. The quantitative estimate of drug-likeness (QED) is 0.369. The maximum Gasteiger partial charge on any atom is 0.269 e. The summed E-state index contributed by atoms with van der Waals surface area (Å²) < 4.78 is 32.5. The molecule has 0 saturated heterocycles. The van der Waals surface area contributed by atoms with Gasteiger partial charge in [-0.25, -0.2) is 8.78 Å². The number of aromatic nitrogens is 2.